The van der Waals surface area contributed by atoms with Crippen LogP contribution in [0.5, 0.6) is 5.75 Å². The third-order valence-corrected chi connectivity index (χ3v) is 16.4. The maximum absolute atomic E-state index is 12.8. The van der Waals surface area contributed by atoms with E-state index < -0.39 is 0 Å². The van der Waals surface area contributed by atoms with Crippen molar-refractivity contribution >= 4 is 11.0 Å². The van der Waals surface area contributed by atoms with E-state index in [4.69, 9.17) is 9.97 Å². The first kappa shape index (κ1) is 50.3. The van der Waals surface area contributed by atoms with Crippen molar-refractivity contribution in [1.82, 2.24) is 14.5 Å². The van der Waals surface area contributed by atoms with Crippen molar-refractivity contribution < 1.29 is 5.11 Å². The molecule has 1 aliphatic rings. The predicted molar refractivity (Wildman–Crippen MR) is 320 cm³/mol. The number of aromatic nitrogens is 3. The molecule has 0 spiro atoms. The molecule has 4 nitrogen and oxygen atoms in total. The standard InChI is InChI=1S/C72H71N3O/c1-68(2,3)51-35-36-62(55(42-51)46-23-16-14-17-24-46)75-63-30-22-28-53(65(63)74-67(75)57-43-52(69(4,5)6)44-60(66(57)76)70(7,8)9)56-39-48(40-59-64(56)54-27-20-21-29-58(54)72(59,12)13)61-41-47(37-38-73-61)45-31-33-50(34-32-45)71(10,11)49-25-18-15-19-26-49/h14-44,76H,1-13H3. The van der Waals surface area contributed by atoms with E-state index in [9.17, 15) is 5.11 Å². The fourth-order valence-corrected chi connectivity index (χ4v) is 11.6. The number of phenolic OH excluding ortho intramolecular Hbond substituents is 1. The number of fused-ring (bicyclic) bond motifs is 4. The molecule has 0 aliphatic heterocycles. The number of benzene rings is 8. The lowest BCUT2D eigenvalue weighted by atomic mass is 9.78. The molecule has 1 N–H and O–H groups in total. The van der Waals surface area contributed by atoms with Gasteiger partial charge < -0.3 is 5.11 Å². The van der Waals surface area contributed by atoms with Gasteiger partial charge >= 0.3 is 0 Å². The number of nitrogens with zero attached hydrogens (tertiary/aromatic N) is 3. The monoisotopic (exact) mass is 994 g/mol. The van der Waals surface area contributed by atoms with Crippen molar-refractivity contribution in [2.24, 2.45) is 0 Å². The second kappa shape index (κ2) is 18.2. The van der Waals surface area contributed by atoms with Crippen LogP contribution in [0.3, 0.4) is 0 Å². The van der Waals surface area contributed by atoms with Crippen molar-refractivity contribution in [3.8, 4) is 78.6 Å². The Balaban J connectivity index is 1.18. The molecule has 2 heterocycles. The molecule has 8 aromatic carbocycles. The van der Waals surface area contributed by atoms with Crippen LogP contribution in [0, 0.1) is 0 Å². The highest BCUT2D eigenvalue weighted by Gasteiger charge is 2.38. The fraction of sp³-hybridized carbons (Fsp3) is 0.250. The third kappa shape index (κ3) is 8.66. The van der Waals surface area contributed by atoms with Gasteiger partial charge in [-0.1, -0.05) is 223 Å². The van der Waals surface area contributed by atoms with E-state index in [0.29, 0.717) is 11.4 Å². The zero-order chi connectivity index (χ0) is 53.7. The van der Waals surface area contributed by atoms with Gasteiger partial charge in [-0.15, -0.1) is 0 Å². The van der Waals surface area contributed by atoms with Gasteiger partial charge in [-0.2, -0.15) is 0 Å². The van der Waals surface area contributed by atoms with Gasteiger partial charge in [0.05, 0.1) is 28.0 Å². The highest BCUT2D eigenvalue weighted by Crippen LogP contribution is 2.55. The number of rotatable bonds is 8. The minimum atomic E-state index is -0.346. The van der Waals surface area contributed by atoms with Crippen molar-refractivity contribution in [2.75, 3.05) is 0 Å². The molecule has 0 unspecified atom stereocenters. The van der Waals surface area contributed by atoms with Crippen LogP contribution in [0.1, 0.15) is 129 Å². The Morgan fingerprint density at radius 2 is 1.05 bits per heavy atom. The molecule has 0 radical (unpaired) electrons. The molecule has 76 heavy (non-hydrogen) atoms. The van der Waals surface area contributed by atoms with E-state index in [1.54, 1.807) is 0 Å². The highest BCUT2D eigenvalue weighted by molar-refractivity contribution is 6.04. The van der Waals surface area contributed by atoms with E-state index in [1.165, 1.54) is 38.9 Å². The fourth-order valence-electron chi connectivity index (χ4n) is 11.6. The molecule has 10 aromatic rings. The summed E-state index contributed by atoms with van der Waals surface area (Å²) in [7, 11) is 0. The molecule has 0 amide bonds. The molecule has 4 heteroatoms. The van der Waals surface area contributed by atoms with Crippen molar-refractivity contribution in [2.45, 2.75) is 117 Å². The highest BCUT2D eigenvalue weighted by atomic mass is 16.3. The quantitative estimate of drug-likeness (QED) is 0.165. The van der Waals surface area contributed by atoms with Crippen LogP contribution in [0.25, 0.3) is 83.9 Å². The van der Waals surface area contributed by atoms with Gasteiger partial charge in [-0.05, 0) is 132 Å². The first-order valence-electron chi connectivity index (χ1n) is 27.0. The molecular formula is C72H71N3O. The lowest BCUT2D eigenvalue weighted by Crippen LogP contribution is -2.18. The third-order valence-electron chi connectivity index (χ3n) is 16.4. The van der Waals surface area contributed by atoms with Crippen molar-refractivity contribution in [1.29, 1.82) is 0 Å². The summed E-state index contributed by atoms with van der Waals surface area (Å²) in [6.07, 6.45) is 1.95. The maximum Gasteiger partial charge on any atom is 0.149 e. The molecule has 11 rings (SSSR count). The Kier molecular flexibility index (Phi) is 12.1. The lowest BCUT2D eigenvalue weighted by molar-refractivity contribution is 0.446. The molecule has 0 saturated heterocycles. The number of imidazole rings is 1. The molecule has 0 saturated carbocycles. The minimum Gasteiger partial charge on any atom is -0.507 e. The Morgan fingerprint density at radius 3 is 1.74 bits per heavy atom. The van der Waals surface area contributed by atoms with Crippen LogP contribution in [0.4, 0.5) is 0 Å². The topological polar surface area (TPSA) is 50.9 Å². The molecule has 0 atom stereocenters. The van der Waals surface area contributed by atoms with Crippen LogP contribution in [-0.4, -0.2) is 19.6 Å². The van der Waals surface area contributed by atoms with Crippen LogP contribution in [0.15, 0.2) is 188 Å². The molecule has 0 fully saturated rings. The summed E-state index contributed by atoms with van der Waals surface area (Å²) in [5.74, 6) is 0.948. The van der Waals surface area contributed by atoms with Crippen molar-refractivity contribution in [3.63, 3.8) is 0 Å². The molecule has 380 valence electrons. The molecule has 0 bridgehead atoms. The van der Waals surface area contributed by atoms with E-state index in [1.807, 2.05) is 6.20 Å². The molecule has 1 aliphatic carbocycles. The number of hydrogen-bond acceptors (Lipinski definition) is 3. The SMILES string of the molecule is CC(C)(C)c1ccc(-n2c(-c3cc(C(C)(C)C)cc(C(C)(C)C)c3O)nc3c(-c4cc(-c5cc(-c6ccc(C(C)(C)c7ccccc7)cc6)ccn5)cc5c4-c4ccccc4C5(C)C)cccc32)c(-c2ccccc2)c1. The largest absolute Gasteiger partial charge is 0.507 e. The normalized spacial score (nSPS) is 13.5. The van der Waals surface area contributed by atoms with Crippen LogP contribution < -0.4 is 0 Å². The molecular weight excluding hydrogens is 923 g/mol. The number of hydrogen-bond donors (Lipinski definition) is 1. The van der Waals surface area contributed by atoms with Gasteiger partial charge in [0.2, 0.25) is 0 Å². The Bertz CT molecular complexity index is 3850. The number of aromatic hydroxyl groups is 1. The smallest absolute Gasteiger partial charge is 0.149 e. The second-order valence-corrected chi connectivity index (χ2v) is 25.3. The first-order valence-corrected chi connectivity index (χ1v) is 27.0. The Hall–Kier alpha value is -7.82. The summed E-state index contributed by atoms with van der Waals surface area (Å²) in [4.78, 5) is 11.0. The van der Waals surface area contributed by atoms with Crippen LogP contribution >= 0.6 is 0 Å². The lowest BCUT2D eigenvalue weighted by Gasteiger charge is -2.28. The predicted octanol–water partition coefficient (Wildman–Crippen LogP) is 19.0. The summed E-state index contributed by atoms with van der Waals surface area (Å²) in [6.45, 7) is 29.4. The average molecular weight is 994 g/mol. The Labute approximate surface area is 451 Å². The van der Waals surface area contributed by atoms with Gasteiger partial charge in [-0.3, -0.25) is 9.55 Å². The summed E-state index contributed by atoms with van der Waals surface area (Å²) in [6, 6.07) is 66.4. The van der Waals surface area contributed by atoms with Gasteiger partial charge in [0, 0.05) is 39.3 Å². The summed E-state index contributed by atoms with van der Waals surface area (Å²) < 4.78 is 2.32. The summed E-state index contributed by atoms with van der Waals surface area (Å²) in [5.41, 5.74) is 21.8. The Morgan fingerprint density at radius 1 is 0.434 bits per heavy atom. The van der Waals surface area contributed by atoms with Crippen molar-refractivity contribution in [3.05, 3.63) is 227 Å². The van der Waals surface area contributed by atoms with Gasteiger partial charge in [0.1, 0.15) is 11.6 Å². The first-order chi connectivity index (χ1) is 36.0. The number of pyridine rings is 1. The zero-order valence-corrected chi connectivity index (χ0v) is 46.7. The molecule has 2 aromatic heterocycles. The van der Waals surface area contributed by atoms with Gasteiger partial charge in [0.15, 0.2) is 0 Å². The van der Waals surface area contributed by atoms with Gasteiger partial charge in [0.25, 0.3) is 0 Å². The van der Waals surface area contributed by atoms with Crippen LogP contribution in [-0.2, 0) is 27.1 Å². The number of phenols is 1. The summed E-state index contributed by atoms with van der Waals surface area (Å²) >= 11 is 0. The number of para-hydroxylation sites is 1. The van der Waals surface area contributed by atoms with Crippen LogP contribution in [0.2, 0.25) is 0 Å². The minimum absolute atomic E-state index is 0.0931. The van der Waals surface area contributed by atoms with E-state index in [2.05, 4.69) is 277 Å². The van der Waals surface area contributed by atoms with E-state index in [0.717, 1.165) is 72.5 Å². The average Bonchev–Trinajstić information content (AvgIpc) is 3.96. The van der Waals surface area contributed by atoms with E-state index >= 15 is 0 Å². The second-order valence-electron chi connectivity index (χ2n) is 25.3. The zero-order valence-electron chi connectivity index (χ0n) is 46.7. The maximum atomic E-state index is 12.8. The van der Waals surface area contributed by atoms with E-state index in [-0.39, 0.29) is 32.8 Å². The van der Waals surface area contributed by atoms with Gasteiger partial charge in [-0.25, -0.2) is 4.98 Å². The summed E-state index contributed by atoms with van der Waals surface area (Å²) in [5, 5.41) is 12.8.